The van der Waals surface area contributed by atoms with E-state index in [1.54, 1.807) is 0 Å². The Balaban J connectivity index is 2.77. The molecule has 1 rings (SSSR count). The maximum absolute atomic E-state index is 6.22. The van der Waals surface area contributed by atoms with Gasteiger partial charge in [0.15, 0.2) is 0 Å². The summed E-state index contributed by atoms with van der Waals surface area (Å²) in [5.74, 6) is 1.98. The Morgan fingerprint density at radius 3 is 2.32 bits per heavy atom. The van der Waals surface area contributed by atoms with Crippen LogP contribution in [0, 0.1) is 5.41 Å². The lowest BCUT2D eigenvalue weighted by Gasteiger charge is -2.31. The van der Waals surface area contributed by atoms with Gasteiger partial charge in [0, 0.05) is 15.7 Å². The Bertz CT molecular complexity index is 388. The third-order valence-electron chi connectivity index (χ3n) is 3.32. The van der Waals surface area contributed by atoms with Crippen LogP contribution in [0.15, 0.2) is 23.1 Å². The standard InChI is InChI=1S/C15H22Cl2S2/c1-3-7-15(10-18,8-4-2)11-19-14-9-12(16)5-6-13(14)17/h5-6,9,18H,3-4,7-8,10-11H2,1-2H3. The van der Waals surface area contributed by atoms with Crippen LogP contribution in [-0.2, 0) is 0 Å². The zero-order valence-corrected chi connectivity index (χ0v) is 14.8. The van der Waals surface area contributed by atoms with Crippen molar-refractivity contribution in [1.82, 2.24) is 0 Å². The van der Waals surface area contributed by atoms with Crippen LogP contribution in [0.25, 0.3) is 0 Å². The van der Waals surface area contributed by atoms with E-state index < -0.39 is 0 Å². The van der Waals surface area contributed by atoms with Gasteiger partial charge >= 0.3 is 0 Å². The third-order valence-corrected chi connectivity index (χ3v) is 6.08. The van der Waals surface area contributed by atoms with Gasteiger partial charge in [0.05, 0.1) is 5.02 Å². The third kappa shape index (κ3) is 5.41. The fourth-order valence-corrected chi connectivity index (χ4v) is 4.72. The topological polar surface area (TPSA) is 0 Å². The molecule has 19 heavy (non-hydrogen) atoms. The number of thioether (sulfide) groups is 1. The second kappa shape index (κ2) is 8.71. The lowest BCUT2D eigenvalue weighted by atomic mass is 9.83. The summed E-state index contributed by atoms with van der Waals surface area (Å²) in [6.45, 7) is 4.48. The molecule has 0 saturated heterocycles. The summed E-state index contributed by atoms with van der Waals surface area (Å²) in [4.78, 5) is 1.08. The molecule has 0 bridgehead atoms. The molecule has 4 heteroatoms. The summed E-state index contributed by atoms with van der Waals surface area (Å²) in [6.07, 6.45) is 4.83. The Kier molecular flexibility index (Phi) is 8.05. The fourth-order valence-electron chi connectivity index (χ4n) is 2.35. The van der Waals surface area contributed by atoms with Gasteiger partial charge in [0.2, 0.25) is 0 Å². The number of halogens is 2. The molecule has 0 aliphatic carbocycles. The van der Waals surface area contributed by atoms with Crippen LogP contribution in [0.2, 0.25) is 10.0 Å². The average molecular weight is 337 g/mol. The van der Waals surface area contributed by atoms with Gasteiger partial charge < -0.3 is 0 Å². The SMILES string of the molecule is CCCC(CS)(CCC)CSc1cc(Cl)ccc1Cl. The summed E-state index contributed by atoms with van der Waals surface area (Å²) in [5.41, 5.74) is 0.308. The minimum atomic E-state index is 0.308. The van der Waals surface area contributed by atoms with E-state index in [1.807, 2.05) is 30.0 Å². The van der Waals surface area contributed by atoms with Crippen molar-refractivity contribution in [2.24, 2.45) is 5.41 Å². The first-order valence-corrected chi connectivity index (χ1v) is 9.13. The number of hydrogen-bond donors (Lipinski definition) is 1. The second-order valence-corrected chi connectivity index (χ2v) is 7.20. The second-order valence-electron chi connectivity index (χ2n) is 5.02. The lowest BCUT2D eigenvalue weighted by Crippen LogP contribution is -2.25. The van der Waals surface area contributed by atoms with E-state index in [4.69, 9.17) is 23.2 Å². The molecule has 0 aliphatic heterocycles. The fraction of sp³-hybridized carbons (Fsp3) is 0.600. The highest BCUT2D eigenvalue weighted by molar-refractivity contribution is 7.99. The molecule has 0 atom stereocenters. The molecule has 0 aliphatic rings. The summed E-state index contributed by atoms with van der Waals surface area (Å²) in [6, 6.07) is 5.65. The molecular weight excluding hydrogens is 315 g/mol. The molecule has 1 aromatic carbocycles. The van der Waals surface area contributed by atoms with Crippen molar-refractivity contribution in [1.29, 1.82) is 0 Å². The van der Waals surface area contributed by atoms with Crippen LogP contribution in [0.5, 0.6) is 0 Å². The zero-order chi connectivity index (χ0) is 14.3. The number of benzene rings is 1. The molecule has 0 amide bonds. The van der Waals surface area contributed by atoms with Crippen LogP contribution in [0.3, 0.4) is 0 Å². The van der Waals surface area contributed by atoms with Crippen molar-refractivity contribution in [3.63, 3.8) is 0 Å². The van der Waals surface area contributed by atoms with Crippen LogP contribution in [0.1, 0.15) is 39.5 Å². The first-order chi connectivity index (χ1) is 9.06. The molecular formula is C15H22Cl2S2. The monoisotopic (exact) mass is 336 g/mol. The summed E-state index contributed by atoms with van der Waals surface area (Å²) >= 11 is 18.7. The van der Waals surface area contributed by atoms with Gasteiger partial charge in [-0.05, 0) is 42.2 Å². The Labute approximate surface area is 137 Å². The largest absolute Gasteiger partial charge is 0.179 e. The highest BCUT2D eigenvalue weighted by atomic mass is 35.5. The molecule has 0 unspecified atom stereocenters. The molecule has 0 radical (unpaired) electrons. The van der Waals surface area contributed by atoms with E-state index in [0.717, 1.165) is 26.4 Å². The molecule has 0 nitrogen and oxygen atoms in total. The van der Waals surface area contributed by atoms with Crippen molar-refractivity contribution in [2.45, 2.75) is 44.4 Å². The first-order valence-electron chi connectivity index (χ1n) is 6.75. The van der Waals surface area contributed by atoms with E-state index in [2.05, 4.69) is 26.5 Å². The zero-order valence-electron chi connectivity index (χ0n) is 11.6. The summed E-state index contributed by atoms with van der Waals surface area (Å²) < 4.78 is 0. The number of thiol groups is 1. The highest BCUT2D eigenvalue weighted by Crippen LogP contribution is 2.39. The number of hydrogen-bond acceptors (Lipinski definition) is 2. The van der Waals surface area contributed by atoms with Crippen LogP contribution < -0.4 is 0 Å². The van der Waals surface area contributed by atoms with Gasteiger partial charge in [0.25, 0.3) is 0 Å². The maximum Gasteiger partial charge on any atom is 0.0542 e. The van der Waals surface area contributed by atoms with Crippen molar-refractivity contribution >= 4 is 47.6 Å². The van der Waals surface area contributed by atoms with Crippen molar-refractivity contribution in [3.8, 4) is 0 Å². The van der Waals surface area contributed by atoms with Crippen molar-refractivity contribution < 1.29 is 0 Å². The average Bonchev–Trinajstić information content (AvgIpc) is 2.40. The smallest absolute Gasteiger partial charge is 0.0542 e. The van der Waals surface area contributed by atoms with Gasteiger partial charge in [-0.3, -0.25) is 0 Å². The minimum absolute atomic E-state index is 0.308. The van der Waals surface area contributed by atoms with Gasteiger partial charge in [0.1, 0.15) is 0 Å². The molecule has 0 saturated carbocycles. The van der Waals surface area contributed by atoms with Gasteiger partial charge in [-0.25, -0.2) is 0 Å². The number of rotatable bonds is 8. The van der Waals surface area contributed by atoms with Crippen molar-refractivity contribution in [2.75, 3.05) is 11.5 Å². The molecule has 1 aromatic rings. The predicted octanol–water partition coefficient (Wildman–Crippen LogP) is 6.60. The van der Waals surface area contributed by atoms with Crippen LogP contribution >= 0.6 is 47.6 Å². The minimum Gasteiger partial charge on any atom is -0.179 e. The van der Waals surface area contributed by atoms with E-state index in [0.29, 0.717) is 5.41 Å². The summed E-state index contributed by atoms with van der Waals surface area (Å²) in [7, 11) is 0. The molecule has 0 N–H and O–H groups in total. The van der Waals surface area contributed by atoms with E-state index in [1.165, 1.54) is 25.7 Å². The predicted molar refractivity (Wildman–Crippen MR) is 93.3 cm³/mol. The van der Waals surface area contributed by atoms with E-state index >= 15 is 0 Å². The Hall–Kier alpha value is 0.500. The van der Waals surface area contributed by atoms with Crippen LogP contribution in [-0.4, -0.2) is 11.5 Å². The quantitative estimate of drug-likeness (QED) is 0.412. The molecule has 0 fully saturated rings. The van der Waals surface area contributed by atoms with Crippen LogP contribution in [0.4, 0.5) is 0 Å². The van der Waals surface area contributed by atoms with Gasteiger partial charge in [-0.15, -0.1) is 11.8 Å². The molecule has 0 aromatic heterocycles. The Morgan fingerprint density at radius 1 is 1.16 bits per heavy atom. The first kappa shape index (κ1) is 17.6. The van der Waals surface area contributed by atoms with Gasteiger partial charge in [-0.2, -0.15) is 12.6 Å². The van der Waals surface area contributed by atoms with Gasteiger partial charge in [-0.1, -0.05) is 49.9 Å². The van der Waals surface area contributed by atoms with Crippen molar-refractivity contribution in [3.05, 3.63) is 28.2 Å². The Morgan fingerprint density at radius 2 is 1.79 bits per heavy atom. The lowest BCUT2D eigenvalue weighted by molar-refractivity contribution is 0.318. The summed E-state index contributed by atoms with van der Waals surface area (Å²) in [5, 5.41) is 1.53. The van der Waals surface area contributed by atoms with E-state index in [9.17, 15) is 0 Å². The molecule has 0 heterocycles. The highest BCUT2D eigenvalue weighted by Gasteiger charge is 2.27. The van der Waals surface area contributed by atoms with E-state index in [-0.39, 0.29) is 0 Å². The normalized spacial score (nSPS) is 11.8. The molecule has 0 spiro atoms. The maximum atomic E-state index is 6.22. The molecule has 108 valence electrons.